The van der Waals surface area contributed by atoms with Crippen molar-refractivity contribution in [2.75, 3.05) is 183 Å². The number of fused-ring (bicyclic) bond motifs is 3. The van der Waals surface area contributed by atoms with E-state index in [1.807, 2.05) is 207 Å². The number of aliphatic hydroxyl groups excluding tert-OH is 1. The van der Waals surface area contributed by atoms with Crippen molar-refractivity contribution in [3.8, 4) is 51.4 Å². The van der Waals surface area contributed by atoms with Crippen molar-refractivity contribution in [3.05, 3.63) is 225 Å². The molecule has 3 amide bonds. The van der Waals surface area contributed by atoms with Gasteiger partial charge in [0.1, 0.15) is 34.2 Å². The number of unbranched alkanes of at least 4 members (excludes halogenated alkanes) is 1. The number of anilines is 12. The van der Waals surface area contributed by atoms with Gasteiger partial charge in [-0.15, -0.1) is 11.6 Å². The molecule has 132 heavy (non-hydrogen) atoms. The summed E-state index contributed by atoms with van der Waals surface area (Å²) in [5.41, 5.74) is 17.1. The number of imidazole rings is 3. The molecule has 9 aromatic heterocycles. The van der Waals surface area contributed by atoms with Gasteiger partial charge in [-0.2, -0.15) is 0 Å². The molecule has 13 aromatic rings. The van der Waals surface area contributed by atoms with E-state index in [-0.39, 0.29) is 94.2 Å². The number of hydrogen-bond acceptors (Lipinski definition) is 27. The monoisotopic (exact) mass is 1840 g/mol. The summed E-state index contributed by atoms with van der Waals surface area (Å²) >= 11 is 5.81. The predicted octanol–water partition coefficient (Wildman–Crippen LogP) is 12.7. The molecule has 0 spiro atoms. The Balaban J connectivity index is 0.000000611. The number of aromatic nitrogens is 12. The standard InChI is InChI=1S/C27H33ClN8O2.2C27H32N8O2.C7H6O2.C4H10O.3CH4.Na.2H2O.H2/c1-18-7-6-12-36-23(17-30-26(18)36)19-9-11-29-27(32-19)33-21-15-20(31-25(37)8-10-28)22(16-24(21)38-5)35(4)14-13-34(2)3;2*1-7-25(36)30-20-15-21(24(37-6)16-22(20)34(5)14-13-33(3)4)32-27-28-11-10-19(31-27)23-17-29-26-18(2)9-8-12-35(23)26;8-7(9)6-4-2-1-3-5-6;1-2-3-4-5;;;;;;;/h6-7,9,11-12,15-17H,8,10,13-14H2,1-5H3,(H,31,37)(H,29,32,33);2*7-12,15-17H,1,13-14H2,2-6H3,(H,30,36)(H,28,31,32);1-5H,(H,8,9);5H,2-4H2,1H3;3*1H4;;2*1H2;1H/q;;;;;;;;+1;;;/p-1. The zero-order chi connectivity index (χ0) is 91.1. The maximum absolute atomic E-state index is 12.5. The Labute approximate surface area is 802 Å². The first kappa shape index (κ1) is 113. The summed E-state index contributed by atoms with van der Waals surface area (Å²) in [7, 11) is 22.8. The second-order valence-corrected chi connectivity index (χ2v) is 30.1. The molecule has 9 heterocycles. The number of carbonyl (C=O) groups is 4. The number of rotatable bonds is 34. The van der Waals surface area contributed by atoms with E-state index in [1.54, 1.807) is 88.8 Å². The Morgan fingerprint density at radius 1 is 0.470 bits per heavy atom. The Morgan fingerprint density at radius 2 is 0.788 bits per heavy atom. The van der Waals surface area contributed by atoms with E-state index < -0.39 is 5.97 Å². The molecule has 0 aliphatic heterocycles. The van der Waals surface area contributed by atoms with Crippen molar-refractivity contribution in [1.82, 2.24) is 72.8 Å². The van der Waals surface area contributed by atoms with E-state index in [1.165, 1.54) is 12.2 Å². The molecule has 0 fully saturated rings. The molecular formula is C95H130ClN24NaO11. The number of hydrogen-bond donors (Lipinski definition) is 8. The molecule has 37 heteroatoms. The van der Waals surface area contributed by atoms with Crippen LogP contribution in [-0.4, -0.2) is 254 Å². The summed E-state index contributed by atoms with van der Waals surface area (Å²) in [4.78, 5) is 101. The minimum Gasteiger partial charge on any atom is -0.870 e. The zero-order valence-electron chi connectivity index (χ0n) is 76.2. The van der Waals surface area contributed by atoms with E-state index in [9.17, 15) is 19.2 Å². The quantitative estimate of drug-likeness (QED) is 0.0105. The second-order valence-electron chi connectivity index (χ2n) is 29.8. The Hall–Kier alpha value is -13.2. The van der Waals surface area contributed by atoms with Gasteiger partial charge >= 0.3 is 35.5 Å². The molecule has 13 rings (SSSR count). The molecule has 0 bridgehead atoms. The predicted molar refractivity (Wildman–Crippen MR) is 532 cm³/mol. The molecule has 704 valence electrons. The van der Waals surface area contributed by atoms with Crippen LogP contribution < -0.4 is 90.4 Å². The summed E-state index contributed by atoms with van der Waals surface area (Å²) in [5, 5.41) is 35.0. The van der Waals surface area contributed by atoms with Crippen LogP contribution in [0, 0.1) is 20.8 Å². The van der Waals surface area contributed by atoms with Crippen LogP contribution in [-0.2, 0) is 14.4 Å². The van der Waals surface area contributed by atoms with Crippen molar-refractivity contribution in [2.24, 2.45) is 0 Å². The number of alkyl halides is 1. The number of methoxy groups -OCH3 is 3. The first-order valence-corrected chi connectivity index (χ1v) is 41.1. The third-order valence-corrected chi connectivity index (χ3v) is 19.7. The van der Waals surface area contributed by atoms with E-state index in [4.69, 9.17) is 51.0 Å². The van der Waals surface area contributed by atoms with Gasteiger partial charge in [0.15, 0.2) is 0 Å². The van der Waals surface area contributed by atoms with E-state index in [2.05, 4.69) is 111 Å². The van der Waals surface area contributed by atoms with Gasteiger partial charge in [-0.25, -0.2) is 49.7 Å². The number of carboxylic acid groups (broad SMARTS) is 1. The smallest absolute Gasteiger partial charge is 0.870 e. The Morgan fingerprint density at radius 3 is 1.05 bits per heavy atom. The summed E-state index contributed by atoms with van der Waals surface area (Å²) in [6.07, 6.45) is 21.1. The van der Waals surface area contributed by atoms with Crippen LogP contribution in [0.3, 0.4) is 0 Å². The zero-order valence-corrected chi connectivity index (χ0v) is 79.0. The third-order valence-electron chi connectivity index (χ3n) is 19.5. The number of carbonyl (C=O) groups excluding carboxylic acids is 3. The molecular weight excluding hydrogens is 1710 g/mol. The number of likely N-dealkylation sites (N-methyl/N-ethyl adjacent to an activating group) is 6. The van der Waals surface area contributed by atoms with Crippen LogP contribution >= 0.6 is 11.6 Å². The van der Waals surface area contributed by atoms with Crippen molar-refractivity contribution in [1.29, 1.82) is 0 Å². The minimum atomic E-state index is -0.879. The van der Waals surface area contributed by atoms with Gasteiger partial charge in [-0.1, -0.05) is 85.2 Å². The normalized spacial score (nSPS) is 10.3. The third kappa shape index (κ3) is 31.3. The molecule has 0 saturated heterocycles. The first-order valence-electron chi connectivity index (χ1n) is 40.6. The summed E-state index contributed by atoms with van der Waals surface area (Å²) in [6, 6.07) is 37.0. The fourth-order valence-electron chi connectivity index (χ4n) is 12.6. The van der Waals surface area contributed by atoms with Crippen molar-refractivity contribution in [2.45, 2.75) is 69.2 Å². The van der Waals surface area contributed by atoms with Gasteiger partial charge in [0, 0.05) is 136 Å². The number of nitrogens with zero attached hydrogens (tertiary/aromatic N) is 18. The summed E-state index contributed by atoms with van der Waals surface area (Å²) < 4.78 is 23.1. The number of aromatic carboxylic acids is 1. The molecule has 35 nitrogen and oxygen atoms in total. The van der Waals surface area contributed by atoms with Crippen LogP contribution in [0.15, 0.2) is 202 Å². The molecule has 0 saturated carbocycles. The van der Waals surface area contributed by atoms with Gasteiger partial charge in [0.2, 0.25) is 35.6 Å². The summed E-state index contributed by atoms with van der Waals surface area (Å²) in [6.45, 7) is 20.4. The average Bonchev–Trinajstić information content (AvgIpc) is 1.63. The van der Waals surface area contributed by atoms with Gasteiger partial charge in [0.05, 0.1) is 131 Å². The van der Waals surface area contributed by atoms with Gasteiger partial charge in [-0.05, 0) is 165 Å². The number of pyridine rings is 3. The largest absolute Gasteiger partial charge is 1.00 e. The molecule has 11 N–H and O–H groups in total. The molecule has 0 aliphatic carbocycles. The molecule has 4 aromatic carbocycles. The number of amides is 3. The van der Waals surface area contributed by atoms with Crippen LogP contribution in [0.5, 0.6) is 17.2 Å². The van der Waals surface area contributed by atoms with Crippen LogP contribution in [0.2, 0.25) is 0 Å². The molecule has 0 unspecified atom stereocenters. The maximum atomic E-state index is 12.5. The Bertz CT molecular complexity index is 5650. The topological polar surface area (TPSA) is 419 Å². The number of ether oxygens (including phenoxy) is 3. The van der Waals surface area contributed by atoms with Crippen molar-refractivity contribution < 1.29 is 85.5 Å². The fraction of sp³-hybridized carbons (Fsp3) is 0.316. The molecule has 0 aliphatic rings. The number of nitrogens with one attached hydrogen (secondary N) is 6. The van der Waals surface area contributed by atoms with Crippen LogP contribution in [0.4, 0.5) is 69.0 Å². The number of halogens is 1. The van der Waals surface area contributed by atoms with Crippen molar-refractivity contribution in [3.63, 3.8) is 0 Å². The summed E-state index contributed by atoms with van der Waals surface area (Å²) in [5.74, 6) is 1.49. The number of aliphatic hydroxyl groups is 1. The number of aryl methyl sites for hydroxylation is 3. The van der Waals surface area contributed by atoms with Gasteiger partial charge in [-0.3, -0.25) is 27.6 Å². The maximum Gasteiger partial charge on any atom is 1.00 e. The van der Waals surface area contributed by atoms with Crippen LogP contribution in [0.1, 0.15) is 76.9 Å². The van der Waals surface area contributed by atoms with Crippen molar-refractivity contribution >= 4 is 121 Å². The number of carboxylic acids is 1. The molecule has 0 atom stereocenters. The van der Waals surface area contributed by atoms with Gasteiger partial charge < -0.3 is 96.7 Å². The SMILES string of the molecule is C.C.C.C=CC(=O)Nc1cc(Nc2nccc(-c3cnc4c(C)cccn34)n2)c(OC)cc1N(C)CCN(C)C.C=CC(=O)Nc1cc(Nc2nccc(-c3cnc4c(C)cccn34)n2)c(OC)cc1N(C)CCN(C)C.CCCCO.COc1cc(N(C)CCN(C)C)c(NC(=O)CCCl)cc1Nc1nccc(-c2cnc3c(C)cccn23)n1.O.O=C(O)c1ccccc1.[HH].[Na+].[OH-]. The van der Waals surface area contributed by atoms with Gasteiger partial charge in [0.25, 0.3) is 0 Å². The van der Waals surface area contributed by atoms with Crippen LogP contribution in [0.25, 0.3) is 51.1 Å². The number of benzene rings is 4. The minimum absolute atomic E-state index is 0. The van der Waals surface area contributed by atoms with E-state index in [0.717, 1.165) is 137 Å². The Kier molecular flexibility index (Phi) is 47.7. The van der Waals surface area contributed by atoms with E-state index >= 15 is 0 Å². The average molecular weight is 1840 g/mol. The second kappa shape index (κ2) is 55.7. The molecule has 0 radical (unpaired) electrons. The first-order chi connectivity index (χ1) is 60.6. The van der Waals surface area contributed by atoms with E-state index in [0.29, 0.717) is 81.4 Å². The fourth-order valence-corrected chi connectivity index (χ4v) is 12.8.